The van der Waals surface area contributed by atoms with Gasteiger partial charge in [-0.15, -0.1) is 10.2 Å². The molecule has 1 aliphatic heterocycles. The van der Waals surface area contributed by atoms with Crippen LogP contribution in [0.4, 0.5) is 14.9 Å². The van der Waals surface area contributed by atoms with Crippen LogP contribution in [0.1, 0.15) is 0 Å². The molecule has 0 aliphatic carbocycles. The van der Waals surface area contributed by atoms with Crippen molar-refractivity contribution in [2.75, 3.05) is 11.4 Å². The molecule has 3 aromatic rings. The number of hydrogen-bond acceptors (Lipinski definition) is 7. The number of ether oxygens (including phenoxy) is 1. The molecule has 1 amide bonds. The van der Waals surface area contributed by atoms with Gasteiger partial charge in [-0.2, -0.15) is 4.80 Å². The molecule has 0 bridgehead atoms. The largest absolute Gasteiger partial charge is 0.419 e. The number of aryl methyl sites for hydroxylation is 1. The predicted octanol–water partition coefficient (Wildman–Crippen LogP) is 1.83. The highest BCUT2D eigenvalue weighted by molar-refractivity contribution is 5.91. The maximum Gasteiger partial charge on any atom is 0.419 e. The van der Waals surface area contributed by atoms with Gasteiger partial charge in [0.15, 0.2) is 0 Å². The number of rotatable bonds is 3. The molecule has 4 rings (SSSR count). The Hall–Kier alpha value is -3.82. The van der Waals surface area contributed by atoms with E-state index in [4.69, 9.17) is 10.5 Å². The summed E-state index contributed by atoms with van der Waals surface area (Å²) >= 11 is 0. The minimum atomic E-state index is -0.596. The van der Waals surface area contributed by atoms with Gasteiger partial charge in [0.2, 0.25) is 5.82 Å². The smallest absolute Gasteiger partial charge is 0.411 e. The lowest BCUT2D eigenvalue weighted by Gasteiger charge is -2.13. The van der Waals surface area contributed by atoms with Crippen LogP contribution in [-0.2, 0) is 11.8 Å². The van der Waals surface area contributed by atoms with Crippen LogP contribution in [0.3, 0.4) is 0 Å². The first-order valence-electron chi connectivity index (χ1n) is 7.95. The molecule has 0 unspecified atom stereocenters. The van der Waals surface area contributed by atoms with Gasteiger partial charge < -0.3 is 10.5 Å². The van der Waals surface area contributed by atoms with Crippen LogP contribution in [0, 0.1) is 5.82 Å². The standard InChI is InChI=1S/C17H14FN7O2/c1-24-22-16(21-23-24)15-5-2-10(8-20-15)13-4-3-11(6-14(13)18)25-9-12(7-19)27-17(25)26/h2-8H,9,19H2,1H3/b12-7-. The first kappa shape index (κ1) is 16.6. The second-order valence-electron chi connectivity index (χ2n) is 5.79. The minimum absolute atomic E-state index is 0.162. The van der Waals surface area contributed by atoms with Crippen molar-refractivity contribution in [3.05, 3.63) is 54.3 Å². The maximum atomic E-state index is 14.6. The highest BCUT2D eigenvalue weighted by atomic mass is 19.1. The lowest BCUT2D eigenvalue weighted by atomic mass is 10.1. The summed E-state index contributed by atoms with van der Waals surface area (Å²) in [5, 5.41) is 11.7. The lowest BCUT2D eigenvalue weighted by molar-refractivity contribution is 0.198. The summed E-state index contributed by atoms with van der Waals surface area (Å²) in [5.74, 6) is 0.218. The van der Waals surface area contributed by atoms with Gasteiger partial charge in [-0.1, -0.05) is 6.07 Å². The number of amides is 1. The average molecular weight is 367 g/mol. The Morgan fingerprint density at radius 2 is 2.15 bits per heavy atom. The number of benzene rings is 1. The topological polar surface area (TPSA) is 112 Å². The van der Waals surface area contributed by atoms with Crippen LogP contribution < -0.4 is 10.6 Å². The first-order chi connectivity index (χ1) is 13.0. The van der Waals surface area contributed by atoms with Crippen LogP contribution in [0.15, 0.2) is 48.5 Å². The van der Waals surface area contributed by atoms with E-state index in [-0.39, 0.29) is 6.54 Å². The quantitative estimate of drug-likeness (QED) is 0.751. The van der Waals surface area contributed by atoms with Gasteiger partial charge >= 0.3 is 6.09 Å². The summed E-state index contributed by atoms with van der Waals surface area (Å²) in [6.45, 7) is 0.162. The molecule has 1 fully saturated rings. The average Bonchev–Trinajstić information content (AvgIpc) is 3.27. The van der Waals surface area contributed by atoms with Crippen molar-refractivity contribution >= 4 is 11.8 Å². The highest BCUT2D eigenvalue weighted by Gasteiger charge is 2.28. The summed E-state index contributed by atoms with van der Waals surface area (Å²) in [7, 11) is 1.66. The normalized spacial score (nSPS) is 15.4. The number of aromatic nitrogens is 5. The Labute approximate surface area is 152 Å². The molecule has 0 spiro atoms. The van der Waals surface area contributed by atoms with Gasteiger partial charge in [-0.3, -0.25) is 9.88 Å². The van der Waals surface area contributed by atoms with Crippen molar-refractivity contribution in [1.82, 2.24) is 25.2 Å². The molecular formula is C17H14FN7O2. The molecule has 27 heavy (non-hydrogen) atoms. The second kappa shape index (κ2) is 6.48. The Kier molecular flexibility index (Phi) is 3.99. The molecule has 10 heteroatoms. The number of hydrogen-bond donors (Lipinski definition) is 1. The summed E-state index contributed by atoms with van der Waals surface area (Å²) in [5.41, 5.74) is 7.21. The van der Waals surface area contributed by atoms with Crippen molar-refractivity contribution in [2.24, 2.45) is 12.8 Å². The Morgan fingerprint density at radius 3 is 2.74 bits per heavy atom. The van der Waals surface area contributed by atoms with Gasteiger partial charge in [0.1, 0.15) is 17.3 Å². The number of tetrazole rings is 1. The maximum absolute atomic E-state index is 14.6. The van der Waals surface area contributed by atoms with Crippen LogP contribution in [0.5, 0.6) is 0 Å². The van der Waals surface area contributed by atoms with Gasteiger partial charge in [-0.05, 0) is 29.5 Å². The van der Waals surface area contributed by atoms with Crippen molar-refractivity contribution in [3.63, 3.8) is 0 Å². The third kappa shape index (κ3) is 3.08. The molecule has 0 saturated carbocycles. The van der Waals surface area contributed by atoms with Gasteiger partial charge in [-0.25, -0.2) is 9.18 Å². The fourth-order valence-corrected chi connectivity index (χ4v) is 2.68. The minimum Gasteiger partial charge on any atom is -0.411 e. The van der Waals surface area contributed by atoms with E-state index in [1.54, 1.807) is 31.3 Å². The number of nitrogens with zero attached hydrogens (tertiary/aromatic N) is 6. The zero-order valence-corrected chi connectivity index (χ0v) is 14.2. The van der Waals surface area contributed by atoms with E-state index in [1.165, 1.54) is 28.2 Å². The monoisotopic (exact) mass is 367 g/mol. The van der Waals surface area contributed by atoms with Gasteiger partial charge in [0.25, 0.3) is 0 Å². The van der Waals surface area contributed by atoms with Gasteiger partial charge in [0, 0.05) is 23.5 Å². The molecule has 0 radical (unpaired) electrons. The predicted molar refractivity (Wildman–Crippen MR) is 93.5 cm³/mol. The molecule has 136 valence electrons. The van der Waals surface area contributed by atoms with Crippen LogP contribution >= 0.6 is 0 Å². The number of cyclic esters (lactones) is 1. The third-order valence-electron chi connectivity index (χ3n) is 4.01. The van der Waals surface area contributed by atoms with E-state index < -0.39 is 11.9 Å². The summed E-state index contributed by atoms with van der Waals surface area (Å²) in [6.07, 6.45) is 2.15. The van der Waals surface area contributed by atoms with Crippen LogP contribution in [-0.4, -0.2) is 37.8 Å². The number of nitrogens with two attached hydrogens (primary N) is 1. The molecule has 1 saturated heterocycles. The molecule has 0 atom stereocenters. The Balaban J connectivity index is 1.60. The Morgan fingerprint density at radius 1 is 1.30 bits per heavy atom. The van der Waals surface area contributed by atoms with Crippen molar-refractivity contribution in [3.8, 4) is 22.6 Å². The first-order valence-corrected chi connectivity index (χ1v) is 7.95. The lowest BCUT2D eigenvalue weighted by Crippen LogP contribution is -2.23. The van der Waals surface area contributed by atoms with Crippen molar-refractivity contribution in [2.45, 2.75) is 0 Å². The fraction of sp³-hybridized carbons (Fsp3) is 0.118. The highest BCUT2D eigenvalue weighted by Crippen LogP contribution is 2.29. The third-order valence-corrected chi connectivity index (χ3v) is 4.01. The summed E-state index contributed by atoms with van der Waals surface area (Å²) in [4.78, 5) is 18.7. The molecule has 1 aromatic carbocycles. The molecule has 3 heterocycles. The van der Waals surface area contributed by atoms with Crippen molar-refractivity contribution in [1.29, 1.82) is 0 Å². The van der Waals surface area contributed by atoms with E-state index in [0.29, 0.717) is 34.1 Å². The van der Waals surface area contributed by atoms with Crippen LogP contribution in [0.2, 0.25) is 0 Å². The molecular weight excluding hydrogens is 353 g/mol. The molecule has 2 N–H and O–H groups in total. The number of carbonyl (C=O) groups is 1. The van der Waals surface area contributed by atoms with E-state index in [1.807, 2.05) is 0 Å². The van der Waals surface area contributed by atoms with E-state index in [9.17, 15) is 9.18 Å². The van der Waals surface area contributed by atoms with E-state index in [0.717, 1.165) is 0 Å². The zero-order chi connectivity index (χ0) is 19.0. The number of anilines is 1. The van der Waals surface area contributed by atoms with E-state index in [2.05, 4.69) is 20.4 Å². The number of halogens is 1. The molecule has 1 aliphatic rings. The fourth-order valence-electron chi connectivity index (χ4n) is 2.68. The second-order valence-corrected chi connectivity index (χ2v) is 5.79. The van der Waals surface area contributed by atoms with Crippen LogP contribution in [0.25, 0.3) is 22.6 Å². The Bertz CT molecular complexity index is 1050. The SMILES string of the molecule is Cn1nnc(-c2ccc(-c3ccc(N4C/C(=C/N)OC4=O)cc3F)cn2)n1. The van der Waals surface area contributed by atoms with Crippen molar-refractivity contribution < 1.29 is 13.9 Å². The number of pyridine rings is 1. The number of carbonyl (C=O) groups excluding carboxylic acids is 1. The summed E-state index contributed by atoms with van der Waals surface area (Å²) < 4.78 is 19.6. The summed E-state index contributed by atoms with van der Waals surface area (Å²) in [6, 6.07) is 7.90. The zero-order valence-electron chi connectivity index (χ0n) is 14.2. The van der Waals surface area contributed by atoms with Gasteiger partial charge in [0.05, 0.1) is 19.3 Å². The molecule has 2 aromatic heterocycles. The molecule has 9 nitrogen and oxygen atoms in total. The van der Waals surface area contributed by atoms with E-state index >= 15 is 0 Å².